The van der Waals surface area contributed by atoms with Gasteiger partial charge in [0, 0.05) is 12.6 Å². The number of amides is 1. The molecule has 0 aromatic carbocycles. The Hall–Kier alpha value is -0.610. The molecule has 116 valence electrons. The zero-order valence-electron chi connectivity index (χ0n) is 13.4. The zero-order chi connectivity index (χ0) is 14.5. The molecule has 4 heteroatoms. The highest BCUT2D eigenvalue weighted by Crippen LogP contribution is 2.23. The van der Waals surface area contributed by atoms with Crippen molar-refractivity contribution in [2.75, 3.05) is 19.6 Å². The Labute approximate surface area is 123 Å². The Morgan fingerprint density at radius 2 is 1.95 bits per heavy atom. The molecule has 2 rings (SSSR count). The van der Waals surface area contributed by atoms with Crippen molar-refractivity contribution in [2.24, 2.45) is 0 Å². The topological polar surface area (TPSA) is 35.6 Å². The zero-order valence-corrected chi connectivity index (χ0v) is 13.4. The highest BCUT2D eigenvalue weighted by Gasteiger charge is 2.39. The molecule has 3 unspecified atom stereocenters. The van der Waals surface area contributed by atoms with Gasteiger partial charge in [0.15, 0.2) is 0 Å². The Balaban J connectivity index is 2.00. The Morgan fingerprint density at radius 1 is 1.20 bits per heavy atom. The minimum absolute atomic E-state index is 0.0630. The van der Waals surface area contributed by atoms with E-state index < -0.39 is 0 Å². The first-order chi connectivity index (χ1) is 9.71. The van der Waals surface area contributed by atoms with Gasteiger partial charge < -0.3 is 4.90 Å². The molecule has 1 amide bonds. The standard InChI is InChI=1S/C16H31N3O/c1-4-8-14-16(20)19(15(17-14)9-5-2)12-13-10-7-11-18(13)6-3/h13-15,17H,4-12H2,1-3H3. The number of likely N-dealkylation sites (N-methyl/N-ethyl adjacent to an activating group) is 1. The van der Waals surface area contributed by atoms with Crippen molar-refractivity contribution in [1.29, 1.82) is 0 Å². The summed E-state index contributed by atoms with van der Waals surface area (Å²) in [5.74, 6) is 0.341. The summed E-state index contributed by atoms with van der Waals surface area (Å²) >= 11 is 0. The van der Waals surface area contributed by atoms with Crippen LogP contribution in [0.3, 0.4) is 0 Å². The van der Waals surface area contributed by atoms with E-state index in [0.717, 1.165) is 38.8 Å². The van der Waals surface area contributed by atoms with Gasteiger partial charge in [0.2, 0.25) is 5.91 Å². The molecule has 0 bridgehead atoms. The number of carbonyl (C=O) groups excluding carboxylic acids is 1. The summed E-state index contributed by atoms with van der Waals surface area (Å²) < 4.78 is 0. The monoisotopic (exact) mass is 281 g/mol. The maximum Gasteiger partial charge on any atom is 0.241 e. The Bertz CT molecular complexity index is 321. The van der Waals surface area contributed by atoms with Crippen molar-refractivity contribution in [3.63, 3.8) is 0 Å². The van der Waals surface area contributed by atoms with Gasteiger partial charge in [-0.1, -0.05) is 33.6 Å². The first-order valence-corrected chi connectivity index (χ1v) is 8.51. The van der Waals surface area contributed by atoms with Crippen molar-refractivity contribution < 1.29 is 4.79 Å². The minimum Gasteiger partial charge on any atom is -0.324 e. The molecule has 0 saturated carbocycles. The lowest BCUT2D eigenvalue weighted by Crippen LogP contribution is -2.45. The second-order valence-corrected chi connectivity index (χ2v) is 6.23. The normalized spacial score (nSPS) is 31.4. The minimum atomic E-state index is 0.0630. The smallest absolute Gasteiger partial charge is 0.241 e. The maximum absolute atomic E-state index is 12.6. The van der Waals surface area contributed by atoms with E-state index in [1.165, 1.54) is 19.4 Å². The Kier molecular flexibility index (Phi) is 5.85. The van der Waals surface area contributed by atoms with E-state index in [1.54, 1.807) is 0 Å². The van der Waals surface area contributed by atoms with Crippen molar-refractivity contribution >= 4 is 5.91 Å². The third-order valence-electron chi connectivity index (χ3n) is 4.80. The number of nitrogens with one attached hydrogen (secondary N) is 1. The number of hydrogen-bond donors (Lipinski definition) is 1. The van der Waals surface area contributed by atoms with Crippen LogP contribution in [0.1, 0.15) is 59.3 Å². The van der Waals surface area contributed by atoms with E-state index in [2.05, 4.69) is 35.9 Å². The summed E-state index contributed by atoms with van der Waals surface area (Å²) in [6, 6.07) is 0.638. The highest BCUT2D eigenvalue weighted by atomic mass is 16.2. The number of likely N-dealkylation sites (tertiary alicyclic amines) is 1. The van der Waals surface area contributed by atoms with Crippen LogP contribution in [0.15, 0.2) is 0 Å². The molecule has 0 aromatic rings. The molecular weight excluding hydrogens is 250 g/mol. The quantitative estimate of drug-likeness (QED) is 0.777. The van der Waals surface area contributed by atoms with Crippen LogP contribution in [0.2, 0.25) is 0 Å². The van der Waals surface area contributed by atoms with Gasteiger partial charge in [-0.3, -0.25) is 15.0 Å². The van der Waals surface area contributed by atoms with Crippen LogP contribution in [0.5, 0.6) is 0 Å². The van der Waals surface area contributed by atoms with Gasteiger partial charge in [0.1, 0.15) is 0 Å². The summed E-state index contributed by atoms with van der Waals surface area (Å²) in [4.78, 5) is 17.3. The fraction of sp³-hybridized carbons (Fsp3) is 0.938. The van der Waals surface area contributed by atoms with Gasteiger partial charge in [0.05, 0.1) is 12.2 Å². The molecule has 0 aliphatic carbocycles. The molecule has 2 aliphatic heterocycles. The first kappa shape index (κ1) is 15.8. The number of carbonyl (C=O) groups is 1. The van der Waals surface area contributed by atoms with Crippen LogP contribution in [0, 0.1) is 0 Å². The van der Waals surface area contributed by atoms with Crippen LogP contribution in [-0.4, -0.2) is 53.6 Å². The third kappa shape index (κ3) is 3.34. The van der Waals surface area contributed by atoms with E-state index in [4.69, 9.17) is 0 Å². The summed E-state index contributed by atoms with van der Waals surface area (Å²) in [5.41, 5.74) is 0. The van der Waals surface area contributed by atoms with E-state index in [-0.39, 0.29) is 12.2 Å². The van der Waals surface area contributed by atoms with Crippen molar-refractivity contribution in [3.8, 4) is 0 Å². The fourth-order valence-corrected chi connectivity index (χ4v) is 3.72. The average Bonchev–Trinajstić information content (AvgIpc) is 3.00. The average molecular weight is 281 g/mol. The molecule has 2 aliphatic rings. The fourth-order valence-electron chi connectivity index (χ4n) is 3.72. The van der Waals surface area contributed by atoms with Crippen LogP contribution in [0.25, 0.3) is 0 Å². The maximum atomic E-state index is 12.6. The lowest BCUT2D eigenvalue weighted by molar-refractivity contribution is -0.130. The molecular formula is C16H31N3O. The largest absolute Gasteiger partial charge is 0.324 e. The molecule has 4 nitrogen and oxygen atoms in total. The van der Waals surface area contributed by atoms with Gasteiger partial charge in [-0.2, -0.15) is 0 Å². The number of nitrogens with zero attached hydrogens (tertiary/aromatic N) is 2. The second kappa shape index (κ2) is 7.41. The summed E-state index contributed by atoms with van der Waals surface area (Å²) in [6.45, 7) is 9.81. The van der Waals surface area contributed by atoms with Gasteiger partial charge in [-0.25, -0.2) is 0 Å². The Morgan fingerprint density at radius 3 is 2.60 bits per heavy atom. The van der Waals surface area contributed by atoms with Crippen molar-refractivity contribution in [2.45, 2.75) is 77.5 Å². The van der Waals surface area contributed by atoms with Gasteiger partial charge in [-0.15, -0.1) is 0 Å². The molecule has 0 spiro atoms. The lowest BCUT2D eigenvalue weighted by atomic mass is 10.1. The van der Waals surface area contributed by atoms with Crippen LogP contribution in [0.4, 0.5) is 0 Å². The molecule has 20 heavy (non-hydrogen) atoms. The molecule has 2 fully saturated rings. The van der Waals surface area contributed by atoms with Crippen LogP contribution < -0.4 is 5.32 Å². The highest BCUT2D eigenvalue weighted by molar-refractivity contribution is 5.84. The van der Waals surface area contributed by atoms with Gasteiger partial charge >= 0.3 is 0 Å². The summed E-state index contributed by atoms with van der Waals surface area (Å²) in [7, 11) is 0. The SMILES string of the molecule is CCCC1NC(CCC)N(CC2CCCN2CC)C1=O. The third-order valence-corrected chi connectivity index (χ3v) is 4.80. The predicted molar refractivity (Wildman–Crippen MR) is 82.5 cm³/mol. The number of rotatable bonds is 7. The van der Waals surface area contributed by atoms with Crippen molar-refractivity contribution in [1.82, 2.24) is 15.1 Å². The number of hydrogen-bond acceptors (Lipinski definition) is 3. The van der Waals surface area contributed by atoms with E-state index in [0.29, 0.717) is 11.9 Å². The predicted octanol–water partition coefficient (Wildman–Crippen LogP) is 2.20. The summed E-state index contributed by atoms with van der Waals surface area (Å²) in [6.07, 6.45) is 7.04. The first-order valence-electron chi connectivity index (χ1n) is 8.51. The van der Waals surface area contributed by atoms with Gasteiger partial charge in [0.25, 0.3) is 0 Å². The second-order valence-electron chi connectivity index (χ2n) is 6.23. The van der Waals surface area contributed by atoms with Crippen LogP contribution >= 0.6 is 0 Å². The van der Waals surface area contributed by atoms with E-state index in [1.807, 2.05) is 0 Å². The molecule has 1 N–H and O–H groups in total. The molecule has 2 saturated heterocycles. The van der Waals surface area contributed by atoms with Gasteiger partial charge in [-0.05, 0) is 38.8 Å². The molecule has 0 radical (unpaired) electrons. The molecule has 3 atom stereocenters. The van der Waals surface area contributed by atoms with Crippen molar-refractivity contribution in [3.05, 3.63) is 0 Å². The lowest BCUT2D eigenvalue weighted by Gasteiger charge is -2.31. The van der Waals surface area contributed by atoms with E-state index in [9.17, 15) is 4.79 Å². The van der Waals surface area contributed by atoms with Crippen LogP contribution in [-0.2, 0) is 4.79 Å². The summed E-state index contributed by atoms with van der Waals surface area (Å²) in [5, 5.41) is 3.56. The van der Waals surface area contributed by atoms with E-state index >= 15 is 0 Å². The molecule has 0 aromatic heterocycles. The molecule has 2 heterocycles.